The lowest BCUT2D eigenvalue weighted by atomic mass is 9.93. The van der Waals surface area contributed by atoms with E-state index in [2.05, 4.69) is 80.1 Å². The maximum Gasteiger partial charge on any atom is 0.258 e. The molecule has 0 aliphatic carbocycles. The van der Waals surface area contributed by atoms with Crippen molar-refractivity contribution < 1.29 is 26.8 Å². The minimum absolute atomic E-state index is 0.00205. The van der Waals surface area contributed by atoms with Gasteiger partial charge < -0.3 is 24.2 Å². The van der Waals surface area contributed by atoms with Gasteiger partial charge in [0.2, 0.25) is 10.0 Å². The highest BCUT2D eigenvalue weighted by Crippen LogP contribution is 2.46. The lowest BCUT2D eigenvalue weighted by Crippen LogP contribution is -2.50. The summed E-state index contributed by atoms with van der Waals surface area (Å²) in [5.74, 6) is 0.869. The first kappa shape index (κ1) is 39.8. The van der Waals surface area contributed by atoms with Crippen LogP contribution in [0.1, 0.15) is 84.7 Å². The summed E-state index contributed by atoms with van der Waals surface area (Å²) in [4.78, 5) is 16.4. The first-order chi connectivity index (χ1) is 22.1. The first-order valence-corrected chi connectivity index (χ1v) is 23.5. The van der Waals surface area contributed by atoms with Crippen LogP contribution in [0.4, 0.5) is 5.69 Å². The fourth-order valence-corrected chi connectivity index (χ4v) is 13.6. The van der Waals surface area contributed by atoms with Crippen molar-refractivity contribution in [2.75, 3.05) is 33.0 Å². The molecule has 268 valence electrons. The summed E-state index contributed by atoms with van der Waals surface area (Å²) in [7, 11) is -5.02. The Morgan fingerprint density at radius 2 is 1.56 bits per heavy atom. The number of hydrogen-bond acceptors (Lipinski definition) is 7. The third-order valence-corrected chi connectivity index (χ3v) is 22.4. The number of nitrogen functional groups attached to an aromatic ring is 1. The number of ether oxygens (including phenoxy) is 1. The molecule has 9 nitrogen and oxygen atoms in total. The van der Waals surface area contributed by atoms with Gasteiger partial charge in [0, 0.05) is 18.3 Å². The lowest BCUT2D eigenvalue weighted by Gasteiger charge is -2.42. The Balaban J connectivity index is 2.03. The summed E-state index contributed by atoms with van der Waals surface area (Å²) in [6.45, 7) is 25.1. The summed E-state index contributed by atoms with van der Waals surface area (Å²) in [6.07, 6.45) is 2.57. The Labute approximate surface area is 291 Å². The molecule has 0 bridgehead atoms. The lowest BCUT2D eigenvalue weighted by molar-refractivity contribution is 0.0627. The van der Waals surface area contributed by atoms with Crippen LogP contribution < -0.4 is 19.6 Å². The van der Waals surface area contributed by atoms with Gasteiger partial charge in [-0.3, -0.25) is 4.79 Å². The molecule has 2 aromatic carbocycles. The number of methoxy groups -OCH3 is 1. The van der Waals surface area contributed by atoms with Crippen LogP contribution >= 0.6 is 0 Å². The van der Waals surface area contributed by atoms with Crippen LogP contribution in [0.15, 0.2) is 47.4 Å². The SMILES string of the molecule is CNS(=O)(=O)c1ccc(C2=CCN(C(=O)c3cc(OC)c(O[Si](C(C)C)(C(C)C)C(C)C)cc3N)[C@H](CO[Si](C)(C)C(C)(C)C)C2)cc1. The van der Waals surface area contributed by atoms with E-state index in [4.69, 9.17) is 19.3 Å². The Kier molecular flexibility index (Phi) is 12.5. The number of sulfonamides is 1. The molecule has 1 heterocycles. The Morgan fingerprint density at radius 1 is 1.00 bits per heavy atom. The number of nitrogens with zero attached hydrogens (tertiary/aromatic N) is 1. The van der Waals surface area contributed by atoms with Crippen molar-refractivity contribution in [3.05, 3.63) is 53.6 Å². The third kappa shape index (κ3) is 8.21. The van der Waals surface area contributed by atoms with Gasteiger partial charge in [0.05, 0.1) is 30.2 Å². The zero-order valence-corrected chi connectivity index (χ0v) is 34.2. The van der Waals surface area contributed by atoms with Crippen LogP contribution in [0.3, 0.4) is 0 Å². The number of nitrogens with one attached hydrogen (secondary N) is 1. The summed E-state index contributed by atoms with van der Waals surface area (Å²) in [6, 6.07) is 10.1. The highest BCUT2D eigenvalue weighted by molar-refractivity contribution is 7.89. The Hall–Kier alpha value is -2.65. The number of rotatable bonds is 13. The van der Waals surface area contributed by atoms with E-state index < -0.39 is 26.7 Å². The van der Waals surface area contributed by atoms with Crippen LogP contribution in [0.25, 0.3) is 5.57 Å². The van der Waals surface area contributed by atoms with Crippen molar-refractivity contribution in [1.82, 2.24) is 9.62 Å². The van der Waals surface area contributed by atoms with Gasteiger partial charge in [-0.2, -0.15) is 0 Å². The second-order valence-electron chi connectivity index (χ2n) is 15.4. The van der Waals surface area contributed by atoms with Gasteiger partial charge in [-0.1, -0.05) is 80.5 Å². The van der Waals surface area contributed by atoms with Gasteiger partial charge in [0.1, 0.15) is 5.75 Å². The molecule has 1 aliphatic heterocycles. The van der Waals surface area contributed by atoms with E-state index in [1.807, 2.05) is 23.1 Å². The topological polar surface area (TPSA) is 120 Å². The second-order valence-corrected chi connectivity index (χ2v) is 27.4. The normalized spacial score (nSPS) is 16.5. The molecule has 0 radical (unpaired) electrons. The Bertz CT molecular complexity index is 1560. The number of hydrogen-bond donors (Lipinski definition) is 2. The van der Waals surface area contributed by atoms with Crippen LogP contribution in [0, 0.1) is 0 Å². The standard InChI is InChI=1S/C36H59N3O6SSi2/c1-24(2)48(25(3)4,26(5)6)45-34-22-32(37)31(21-33(34)43-11)35(40)39-19-18-28(20-29(39)23-44-47(12,13)36(7,8)9)27-14-16-30(17-15-27)46(41,42)38-10/h14-18,21-22,24-26,29,38H,19-20,23,37H2,1-13H3/t29-/m0/s1. The van der Waals surface area contributed by atoms with E-state index >= 15 is 0 Å². The number of nitrogens with two attached hydrogens (primary N) is 1. The summed E-state index contributed by atoms with van der Waals surface area (Å²) < 4.78 is 46.4. The Morgan fingerprint density at radius 3 is 2.04 bits per heavy atom. The van der Waals surface area contributed by atoms with Crippen molar-refractivity contribution in [3.8, 4) is 11.5 Å². The number of carbonyl (C=O) groups is 1. The molecule has 0 saturated carbocycles. The average Bonchev–Trinajstić information content (AvgIpc) is 3.01. The predicted molar refractivity (Wildman–Crippen MR) is 202 cm³/mol. The van der Waals surface area contributed by atoms with Crippen molar-refractivity contribution in [2.24, 2.45) is 0 Å². The van der Waals surface area contributed by atoms with E-state index in [-0.39, 0.29) is 21.9 Å². The zero-order chi connectivity index (χ0) is 36.4. The average molecular weight is 718 g/mol. The number of carbonyl (C=O) groups excluding carboxylic acids is 1. The predicted octanol–water partition coefficient (Wildman–Crippen LogP) is 8.06. The number of amides is 1. The van der Waals surface area contributed by atoms with E-state index in [1.54, 1.807) is 31.4 Å². The smallest absolute Gasteiger partial charge is 0.258 e. The van der Waals surface area contributed by atoms with E-state index in [9.17, 15) is 13.2 Å². The summed E-state index contributed by atoms with van der Waals surface area (Å²) in [5.41, 5.74) is 10.4. The van der Waals surface area contributed by atoms with Crippen molar-refractivity contribution in [1.29, 1.82) is 0 Å². The van der Waals surface area contributed by atoms with Gasteiger partial charge in [0.15, 0.2) is 14.1 Å². The maximum atomic E-state index is 14.4. The second kappa shape index (κ2) is 15.1. The van der Waals surface area contributed by atoms with Crippen LogP contribution in [-0.4, -0.2) is 69.2 Å². The molecule has 1 amide bonds. The van der Waals surface area contributed by atoms with Gasteiger partial charge >= 0.3 is 0 Å². The highest BCUT2D eigenvalue weighted by Gasteiger charge is 2.47. The largest absolute Gasteiger partial charge is 0.540 e. The highest BCUT2D eigenvalue weighted by atomic mass is 32.2. The molecule has 3 N–H and O–H groups in total. The molecule has 48 heavy (non-hydrogen) atoms. The quantitative estimate of drug-likeness (QED) is 0.159. The zero-order valence-electron chi connectivity index (χ0n) is 31.4. The fraction of sp³-hybridized carbons (Fsp3) is 0.583. The summed E-state index contributed by atoms with van der Waals surface area (Å²) >= 11 is 0. The molecule has 1 atom stereocenters. The van der Waals surface area contributed by atoms with Gasteiger partial charge in [-0.25, -0.2) is 13.1 Å². The van der Waals surface area contributed by atoms with Gasteiger partial charge in [-0.15, -0.1) is 0 Å². The van der Waals surface area contributed by atoms with Crippen LogP contribution in [0.5, 0.6) is 11.5 Å². The van der Waals surface area contributed by atoms with Crippen molar-refractivity contribution in [2.45, 2.75) is 114 Å². The molecule has 3 rings (SSSR count). The molecule has 1 aliphatic rings. The molecule has 0 spiro atoms. The van der Waals surface area contributed by atoms with Gasteiger partial charge in [-0.05, 0) is 77.6 Å². The molecule has 0 aromatic heterocycles. The van der Waals surface area contributed by atoms with Crippen molar-refractivity contribution in [3.63, 3.8) is 0 Å². The monoisotopic (exact) mass is 717 g/mol. The molecule has 0 unspecified atom stereocenters. The fourth-order valence-electron chi connectivity index (χ4n) is 6.62. The summed E-state index contributed by atoms with van der Waals surface area (Å²) in [5, 5.41) is -0.00205. The molecule has 0 saturated heterocycles. The van der Waals surface area contributed by atoms with E-state index in [1.165, 1.54) is 7.05 Å². The number of benzene rings is 2. The minimum Gasteiger partial charge on any atom is -0.540 e. The minimum atomic E-state index is -3.55. The van der Waals surface area contributed by atoms with Crippen LogP contribution in [-0.2, 0) is 14.4 Å². The first-order valence-electron chi connectivity index (χ1n) is 17.0. The molecular formula is C36H59N3O6SSi2. The molecular weight excluding hydrogens is 659 g/mol. The van der Waals surface area contributed by atoms with Gasteiger partial charge in [0.25, 0.3) is 14.2 Å². The van der Waals surface area contributed by atoms with E-state index in [0.717, 1.165) is 11.1 Å². The van der Waals surface area contributed by atoms with Crippen molar-refractivity contribution >= 4 is 43.8 Å². The maximum absolute atomic E-state index is 14.4. The molecule has 2 aromatic rings. The van der Waals surface area contributed by atoms with Crippen LogP contribution in [0.2, 0.25) is 34.8 Å². The van der Waals surface area contributed by atoms with E-state index in [0.29, 0.717) is 58.9 Å². The number of anilines is 1. The molecule has 0 fully saturated rings. The third-order valence-electron chi connectivity index (χ3n) is 10.5. The molecule has 12 heteroatoms.